The summed E-state index contributed by atoms with van der Waals surface area (Å²) < 4.78 is 25.0. The van der Waals surface area contributed by atoms with E-state index in [-0.39, 0.29) is 4.90 Å². The molecule has 0 saturated carbocycles. The molecule has 0 fully saturated rings. The molecule has 8 heteroatoms. The number of benzene rings is 2. The summed E-state index contributed by atoms with van der Waals surface area (Å²) in [6, 6.07) is 14.0. The van der Waals surface area contributed by atoms with Crippen molar-refractivity contribution in [2.24, 2.45) is 0 Å². The van der Waals surface area contributed by atoms with Crippen molar-refractivity contribution >= 4 is 33.2 Å². The molecule has 0 amide bonds. The van der Waals surface area contributed by atoms with E-state index in [1.165, 1.54) is 6.26 Å². The maximum absolute atomic E-state index is 11.6. The number of hydrogen-bond donors (Lipinski definition) is 0. The fraction of sp³-hybridized carbons (Fsp3) is 0.176. The van der Waals surface area contributed by atoms with E-state index in [4.69, 9.17) is 11.6 Å². The van der Waals surface area contributed by atoms with Gasteiger partial charge in [-0.15, -0.1) is 5.10 Å². The number of rotatable bonds is 5. The average Bonchev–Trinajstić information content (AvgIpc) is 2.99. The van der Waals surface area contributed by atoms with Crippen LogP contribution < -0.4 is 0 Å². The van der Waals surface area contributed by atoms with Crippen molar-refractivity contribution in [1.82, 2.24) is 14.8 Å². The minimum Gasteiger partial charge on any atom is -0.224 e. The van der Waals surface area contributed by atoms with Crippen molar-refractivity contribution in [2.45, 2.75) is 17.0 Å². The highest BCUT2D eigenvalue weighted by atomic mass is 35.5. The number of nitrogens with zero attached hydrogens (tertiary/aromatic N) is 3. The normalized spacial score (nSPS) is 11.6. The minimum atomic E-state index is -3.23. The van der Waals surface area contributed by atoms with E-state index in [9.17, 15) is 8.42 Å². The Morgan fingerprint density at radius 2 is 1.72 bits per heavy atom. The zero-order chi connectivity index (χ0) is 18.0. The highest BCUT2D eigenvalue weighted by molar-refractivity contribution is 7.99. The van der Waals surface area contributed by atoms with Crippen LogP contribution in [0.25, 0.3) is 17.1 Å². The van der Waals surface area contributed by atoms with Crippen molar-refractivity contribution < 1.29 is 8.42 Å². The Bertz CT molecular complexity index is 982. The summed E-state index contributed by atoms with van der Waals surface area (Å²) in [7, 11) is -3.23. The molecule has 25 heavy (non-hydrogen) atoms. The van der Waals surface area contributed by atoms with Gasteiger partial charge in [0.1, 0.15) is 0 Å². The molecule has 0 spiro atoms. The van der Waals surface area contributed by atoms with Crippen LogP contribution in [0.2, 0.25) is 5.02 Å². The first-order valence-electron chi connectivity index (χ1n) is 7.55. The van der Waals surface area contributed by atoms with Crippen LogP contribution >= 0.6 is 23.4 Å². The van der Waals surface area contributed by atoms with Gasteiger partial charge in [-0.2, -0.15) is 0 Å². The van der Waals surface area contributed by atoms with Crippen LogP contribution in [0.1, 0.15) is 6.92 Å². The van der Waals surface area contributed by atoms with Crippen molar-refractivity contribution in [3.63, 3.8) is 0 Å². The van der Waals surface area contributed by atoms with E-state index in [0.29, 0.717) is 10.8 Å². The minimum absolute atomic E-state index is 0.277. The van der Waals surface area contributed by atoms with E-state index < -0.39 is 9.84 Å². The van der Waals surface area contributed by atoms with Gasteiger partial charge in [-0.25, -0.2) is 18.1 Å². The lowest BCUT2D eigenvalue weighted by atomic mass is 10.2. The molecule has 0 bridgehead atoms. The second-order valence-electron chi connectivity index (χ2n) is 5.34. The van der Waals surface area contributed by atoms with Crippen LogP contribution in [0.3, 0.4) is 0 Å². The Kier molecular flexibility index (Phi) is 5.17. The van der Waals surface area contributed by atoms with Crippen molar-refractivity contribution in [3.05, 3.63) is 53.6 Å². The summed E-state index contributed by atoms with van der Waals surface area (Å²) in [6.07, 6.45) is 1.19. The van der Waals surface area contributed by atoms with Crippen LogP contribution in [-0.2, 0) is 9.84 Å². The van der Waals surface area contributed by atoms with Crippen LogP contribution in [0.15, 0.2) is 58.6 Å². The third-order valence-electron chi connectivity index (χ3n) is 3.46. The third-order valence-corrected chi connectivity index (χ3v) is 5.65. The Morgan fingerprint density at radius 3 is 2.28 bits per heavy atom. The van der Waals surface area contributed by atoms with Gasteiger partial charge in [-0.3, -0.25) is 0 Å². The number of halogens is 1. The highest BCUT2D eigenvalue weighted by Crippen LogP contribution is 2.26. The summed E-state index contributed by atoms with van der Waals surface area (Å²) in [5.41, 5.74) is 1.63. The Balaban J connectivity index is 2.04. The fourth-order valence-electron chi connectivity index (χ4n) is 2.24. The molecule has 0 aliphatic carbocycles. The second-order valence-corrected chi connectivity index (χ2v) is 9.02. The maximum Gasteiger partial charge on any atom is 0.191 e. The van der Waals surface area contributed by atoms with Crippen LogP contribution in [0.5, 0.6) is 0 Å². The second kappa shape index (κ2) is 7.19. The molecule has 3 rings (SSSR count). The lowest BCUT2D eigenvalue weighted by Gasteiger charge is -2.05. The largest absolute Gasteiger partial charge is 0.224 e. The number of sulfone groups is 1. The molecular weight excluding hydrogens is 378 g/mol. The summed E-state index contributed by atoms with van der Waals surface area (Å²) >= 11 is 7.50. The van der Waals surface area contributed by atoms with E-state index in [1.54, 1.807) is 52.8 Å². The summed E-state index contributed by atoms with van der Waals surface area (Å²) in [5.74, 6) is 1.44. The van der Waals surface area contributed by atoms with Gasteiger partial charge in [0.25, 0.3) is 0 Å². The number of aromatic nitrogens is 3. The summed E-state index contributed by atoms with van der Waals surface area (Å²) in [6.45, 7) is 2.04. The summed E-state index contributed by atoms with van der Waals surface area (Å²) in [5, 5.41) is 5.99. The van der Waals surface area contributed by atoms with Crippen LogP contribution in [-0.4, -0.2) is 35.2 Å². The number of thioether (sulfide) groups is 1. The zero-order valence-corrected chi connectivity index (χ0v) is 16.1. The van der Waals surface area contributed by atoms with Crippen molar-refractivity contribution in [1.29, 1.82) is 0 Å². The molecule has 0 saturated heterocycles. The quantitative estimate of drug-likeness (QED) is 0.610. The van der Waals surface area contributed by atoms with E-state index in [2.05, 4.69) is 10.1 Å². The van der Waals surface area contributed by atoms with Gasteiger partial charge in [-0.1, -0.05) is 30.3 Å². The first-order valence-corrected chi connectivity index (χ1v) is 10.8. The molecule has 130 valence electrons. The SMILES string of the molecule is CCSc1nc(-c2ccc(Cl)cc2)nn1-c1ccc(S(C)(=O)=O)cc1. The molecule has 1 aromatic heterocycles. The predicted molar refractivity (Wildman–Crippen MR) is 101 cm³/mol. The van der Waals surface area contributed by atoms with Gasteiger partial charge in [0.2, 0.25) is 0 Å². The van der Waals surface area contributed by atoms with E-state index >= 15 is 0 Å². The van der Waals surface area contributed by atoms with Gasteiger partial charge >= 0.3 is 0 Å². The standard InChI is InChI=1S/C17H16ClN3O2S2/c1-3-24-17-19-16(12-4-6-13(18)7-5-12)20-21(17)14-8-10-15(11-9-14)25(2,22)23/h4-11H,3H2,1-2H3. The van der Waals surface area contributed by atoms with Crippen LogP contribution in [0, 0.1) is 0 Å². The molecule has 2 aromatic carbocycles. The first-order chi connectivity index (χ1) is 11.9. The smallest absolute Gasteiger partial charge is 0.191 e. The highest BCUT2D eigenvalue weighted by Gasteiger charge is 2.14. The van der Waals surface area contributed by atoms with Crippen molar-refractivity contribution in [3.8, 4) is 17.1 Å². The average molecular weight is 394 g/mol. The Labute approximate surface area is 156 Å². The molecular formula is C17H16ClN3O2S2. The fourth-order valence-corrected chi connectivity index (χ4v) is 3.68. The molecule has 0 aliphatic rings. The first kappa shape index (κ1) is 18.0. The molecule has 1 heterocycles. The lowest BCUT2D eigenvalue weighted by Crippen LogP contribution is -2.01. The molecule has 0 radical (unpaired) electrons. The third kappa shape index (κ3) is 4.05. The summed E-state index contributed by atoms with van der Waals surface area (Å²) in [4.78, 5) is 4.88. The molecule has 0 atom stereocenters. The maximum atomic E-state index is 11.6. The molecule has 0 N–H and O–H groups in total. The van der Waals surface area contributed by atoms with Crippen molar-refractivity contribution in [2.75, 3.05) is 12.0 Å². The topological polar surface area (TPSA) is 64.8 Å². The number of hydrogen-bond acceptors (Lipinski definition) is 5. The van der Waals surface area contributed by atoms with Gasteiger partial charge in [0.15, 0.2) is 20.8 Å². The Morgan fingerprint density at radius 1 is 1.08 bits per heavy atom. The molecule has 0 unspecified atom stereocenters. The van der Waals surface area contributed by atoms with E-state index in [1.807, 2.05) is 19.1 Å². The Hall–Kier alpha value is -1.83. The van der Waals surface area contributed by atoms with Gasteiger partial charge in [-0.05, 0) is 54.3 Å². The molecule has 3 aromatic rings. The zero-order valence-electron chi connectivity index (χ0n) is 13.7. The molecule has 0 aliphatic heterocycles. The van der Waals surface area contributed by atoms with Crippen LogP contribution in [0.4, 0.5) is 0 Å². The monoisotopic (exact) mass is 393 g/mol. The lowest BCUT2D eigenvalue weighted by molar-refractivity contribution is 0.602. The van der Waals surface area contributed by atoms with Gasteiger partial charge < -0.3 is 0 Å². The molecule has 5 nitrogen and oxygen atoms in total. The van der Waals surface area contributed by atoms with Gasteiger partial charge in [0.05, 0.1) is 10.6 Å². The predicted octanol–water partition coefficient (Wildman–Crippen LogP) is 4.10. The van der Waals surface area contributed by atoms with Gasteiger partial charge in [0, 0.05) is 16.8 Å². The van der Waals surface area contributed by atoms with E-state index in [0.717, 1.165) is 22.2 Å².